The number of para-hydroxylation sites is 1. The van der Waals surface area contributed by atoms with Crippen molar-refractivity contribution in [2.24, 2.45) is 0 Å². The number of non-ortho nitro benzene ring substituents is 1. The van der Waals surface area contributed by atoms with Gasteiger partial charge in [-0.15, -0.1) is 34.0 Å². The maximum absolute atomic E-state index is 13.4. The van der Waals surface area contributed by atoms with E-state index in [0.717, 1.165) is 50.0 Å². The molecule has 0 saturated carbocycles. The Morgan fingerprint density at radius 2 is 1.94 bits per heavy atom. The van der Waals surface area contributed by atoms with Gasteiger partial charge in [-0.3, -0.25) is 19.8 Å². The highest BCUT2D eigenvalue weighted by molar-refractivity contribution is 7.23. The van der Waals surface area contributed by atoms with Crippen LogP contribution in [0.25, 0.3) is 30.9 Å². The van der Waals surface area contributed by atoms with Crippen LogP contribution in [0.4, 0.5) is 10.7 Å². The highest BCUT2D eigenvalue weighted by Gasteiger charge is 2.29. The fourth-order valence-corrected chi connectivity index (χ4v) is 7.90. The Morgan fingerprint density at radius 3 is 2.72 bits per heavy atom. The zero-order valence-electron chi connectivity index (χ0n) is 19.6. The number of fused-ring (bicyclic) bond motifs is 3. The van der Waals surface area contributed by atoms with Crippen LogP contribution in [-0.2, 0) is 13.0 Å². The number of aromatic nitrogens is 1. The molecule has 7 nitrogen and oxygen atoms in total. The molecule has 36 heavy (non-hydrogen) atoms. The predicted octanol–water partition coefficient (Wildman–Crippen LogP) is 7.17. The molecule has 3 aromatic heterocycles. The van der Waals surface area contributed by atoms with Gasteiger partial charge in [-0.2, -0.15) is 0 Å². The van der Waals surface area contributed by atoms with Gasteiger partial charge < -0.3 is 5.32 Å². The third-order valence-electron chi connectivity index (χ3n) is 6.49. The normalized spacial score (nSPS) is 14.0. The van der Waals surface area contributed by atoms with Crippen molar-refractivity contribution in [3.05, 3.63) is 74.0 Å². The largest absolute Gasteiger partial charge is 0.312 e. The number of benzene rings is 2. The number of thiophene rings is 2. The summed E-state index contributed by atoms with van der Waals surface area (Å²) < 4.78 is 1.96. The summed E-state index contributed by atoms with van der Waals surface area (Å²) in [4.78, 5) is 33.3. The van der Waals surface area contributed by atoms with Crippen molar-refractivity contribution in [3.8, 4) is 10.6 Å². The Bertz CT molecular complexity index is 1620. The van der Waals surface area contributed by atoms with E-state index in [1.165, 1.54) is 33.9 Å². The molecule has 0 bridgehead atoms. The van der Waals surface area contributed by atoms with Gasteiger partial charge in [0.05, 0.1) is 20.0 Å². The van der Waals surface area contributed by atoms with Gasteiger partial charge in [0, 0.05) is 51.8 Å². The van der Waals surface area contributed by atoms with Crippen LogP contribution in [0, 0.1) is 10.1 Å². The second kappa shape index (κ2) is 9.04. The summed E-state index contributed by atoms with van der Waals surface area (Å²) >= 11 is 4.62. The maximum atomic E-state index is 13.4. The zero-order valence-corrected chi connectivity index (χ0v) is 22.1. The first-order valence-electron chi connectivity index (χ1n) is 11.6. The van der Waals surface area contributed by atoms with Crippen molar-refractivity contribution in [2.45, 2.75) is 32.9 Å². The number of nitro benzene ring substituents is 1. The quantitative estimate of drug-likeness (QED) is 0.191. The van der Waals surface area contributed by atoms with E-state index in [-0.39, 0.29) is 11.6 Å². The molecule has 10 heteroatoms. The number of thiazole rings is 1. The van der Waals surface area contributed by atoms with Gasteiger partial charge in [0.15, 0.2) is 0 Å². The lowest BCUT2D eigenvalue weighted by atomic mass is 10.0. The average Bonchev–Trinajstić information content (AvgIpc) is 3.56. The van der Waals surface area contributed by atoms with Crippen molar-refractivity contribution in [2.75, 3.05) is 11.9 Å². The topological polar surface area (TPSA) is 88.4 Å². The lowest BCUT2D eigenvalue weighted by Gasteiger charge is -2.30. The number of nitrogens with one attached hydrogen (secondary N) is 1. The number of anilines is 1. The average molecular weight is 535 g/mol. The number of rotatable bonds is 5. The summed E-state index contributed by atoms with van der Waals surface area (Å²) in [7, 11) is 0. The van der Waals surface area contributed by atoms with Crippen molar-refractivity contribution >= 4 is 70.9 Å². The molecule has 1 N–H and O–H groups in total. The fraction of sp³-hybridized carbons (Fsp3) is 0.231. The van der Waals surface area contributed by atoms with Gasteiger partial charge in [0.2, 0.25) is 0 Å². The van der Waals surface area contributed by atoms with Gasteiger partial charge in [0.1, 0.15) is 10.0 Å². The molecule has 5 aromatic rings. The Balaban J connectivity index is 1.40. The molecule has 0 fully saturated rings. The number of hydrogen-bond donors (Lipinski definition) is 1. The lowest BCUT2D eigenvalue weighted by molar-refractivity contribution is -0.384. The van der Waals surface area contributed by atoms with Crippen LogP contribution < -0.4 is 5.32 Å². The van der Waals surface area contributed by atoms with E-state index in [0.29, 0.717) is 16.3 Å². The summed E-state index contributed by atoms with van der Waals surface area (Å²) in [5.41, 5.74) is 3.29. The van der Waals surface area contributed by atoms with E-state index in [1.807, 2.05) is 18.2 Å². The van der Waals surface area contributed by atoms with Crippen molar-refractivity contribution in [1.29, 1.82) is 0 Å². The Kier molecular flexibility index (Phi) is 5.83. The van der Waals surface area contributed by atoms with E-state index >= 15 is 0 Å². The SMILES string of the molecule is CC(C)N1CCc2c(sc(NC(=O)c3cc4cc([N+](=O)[O-])ccc4s3)c2-c2nc3ccccc3s2)C1. The molecule has 4 heterocycles. The molecular formula is C26H22N4O3S3. The van der Waals surface area contributed by atoms with E-state index in [2.05, 4.69) is 30.1 Å². The first-order chi connectivity index (χ1) is 17.4. The smallest absolute Gasteiger partial charge is 0.270 e. The minimum absolute atomic E-state index is 0.0195. The van der Waals surface area contributed by atoms with Crippen molar-refractivity contribution < 1.29 is 9.72 Å². The van der Waals surface area contributed by atoms with E-state index < -0.39 is 4.92 Å². The molecule has 1 amide bonds. The molecule has 0 saturated heterocycles. The summed E-state index contributed by atoms with van der Waals surface area (Å²) in [5.74, 6) is -0.208. The number of nitrogens with zero attached hydrogens (tertiary/aromatic N) is 3. The summed E-state index contributed by atoms with van der Waals surface area (Å²) in [6, 6.07) is 15.0. The molecule has 0 aliphatic carbocycles. The molecule has 0 unspecified atom stereocenters. The van der Waals surface area contributed by atoms with E-state index in [4.69, 9.17) is 4.98 Å². The van der Waals surface area contributed by atoms with Crippen molar-refractivity contribution in [1.82, 2.24) is 9.88 Å². The number of carbonyl (C=O) groups is 1. The van der Waals surface area contributed by atoms with Gasteiger partial charge in [0.25, 0.3) is 11.6 Å². The van der Waals surface area contributed by atoms with Crippen LogP contribution in [0.15, 0.2) is 48.5 Å². The maximum Gasteiger partial charge on any atom is 0.270 e. The monoisotopic (exact) mass is 534 g/mol. The van der Waals surface area contributed by atoms with Gasteiger partial charge in [-0.25, -0.2) is 4.98 Å². The molecule has 1 aliphatic heterocycles. The molecule has 6 rings (SSSR count). The summed E-state index contributed by atoms with van der Waals surface area (Å²) in [5, 5.41) is 16.8. The molecule has 182 valence electrons. The second-order valence-corrected chi connectivity index (χ2v) is 12.3. The number of nitro groups is 1. The molecule has 0 spiro atoms. The fourth-order valence-electron chi connectivity index (χ4n) is 4.58. The first kappa shape index (κ1) is 23.2. The third kappa shape index (κ3) is 4.09. The Labute approximate surface area is 219 Å². The van der Waals surface area contributed by atoms with Crippen LogP contribution in [0.5, 0.6) is 0 Å². The van der Waals surface area contributed by atoms with E-state index in [1.54, 1.807) is 34.8 Å². The molecule has 0 atom stereocenters. The standard InChI is InChI=1S/C26H22N4O3S3/c1-14(2)29-10-9-17-22(13-29)36-26(23(17)25-27-18-5-3-4-6-20(18)35-25)28-24(31)21-12-15-11-16(30(32)33)7-8-19(15)34-21/h3-8,11-12,14H,9-10,13H2,1-2H3,(H,28,31). The Morgan fingerprint density at radius 1 is 1.11 bits per heavy atom. The minimum Gasteiger partial charge on any atom is -0.312 e. The summed E-state index contributed by atoms with van der Waals surface area (Å²) in [6.07, 6.45) is 0.914. The zero-order chi connectivity index (χ0) is 25.0. The second-order valence-electron chi connectivity index (χ2n) is 9.05. The minimum atomic E-state index is -0.419. The highest BCUT2D eigenvalue weighted by atomic mass is 32.1. The van der Waals surface area contributed by atoms with Crippen LogP contribution in [-0.4, -0.2) is 33.3 Å². The van der Waals surface area contributed by atoms with Gasteiger partial charge in [-0.1, -0.05) is 12.1 Å². The lowest BCUT2D eigenvalue weighted by Crippen LogP contribution is -2.35. The highest BCUT2D eigenvalue weighted by Crippen LogP contribution is 2.46. The Hall–Kier alpha value is -3.18. The van der Waals surface area contributed by atoms with E-state index in [9.17, 15) is 14.9 Å². The van der Waals surface area contributed by atoms with Crippen LogP contribution >= 0.6 is 34.0 Å². The first-order valence-corrected chi connectivity index (χ1v) is 14.1. The van der Waals surface area contributed by atoms with Gasteiger partial charge in [-0.05, 0) is 50.1 Å². The van der Waals surface area contributed by atoms with Crippen LogP contribution in [0.2, 0.25) is 0 Å². The molecule has 1 aliphatic rings. The summed E-state index contributed by atoms with van der Waals surface area (Å²) in [6.45, 7) is 6.25. The van der Waals surface area contributed by atoms with Crippen LogP contribution in [0.1, 0.15) is 34.0 Å². The molecule has 0 radical (unpaired) electrons. The molecular weight excluding hydrogens is 513 g/mol. The van der Waals surface area contributed by atoms with Crippen molar-refractivity contribution in [3.63, 3.8) is 0 Å². The predicted molar refractivity (Wildman–Crippen MR) is 149 cm³/mol. The van der Waals surface area contributed by atoms with Crippen LogP contribution in [0.3, 0.4) is 0 Å². The number of hydrogen-bond acceptors (Lipinski definition) is 8. The number of amides is 1. The third-order valence-corrected chi connectivity index (χ3v) is 9.79. The van der Waals surface area contributed by atoms with Gasteiger partial charge >= 0.3 is 0 Å². The molecule has 2 aromatic carbocycles. The number of carbonyl (C=O) groups excluding carboxylic acids is 1.